The number of nitrogens with zero attached hydrogens (tertiary/aromatic N) is 1. The van der Waals surface area contributed by atoms with E-state index < -0.39 is 0 Å². The van der Waals surface area contributed by atoms with Gasteiger partial charge in [0.1, 0.15) is 5.69 Å². The second kappa shape index (κ2) is 3.50. The molecule has 1 rings (SSSR count). The van der Waals surface area contributed by atoms with Crippen LogP contribution in [0.25, 0.3) is 0 Å². The predicted molar refractivity (Wildman–Crippen MR) is 45.7 cm³/mol. The van der Waals surface area contributed by atoms with Gasteiger partial charge in [0.05, 0.1) is 22.9 Å². The number of amides is 1. The van der Waals surface area contributed by atoms with Crippen molar-refractivity contribution in [3.05, 3.63) is 30.1 Å². The van der Waals surface area contributed by atoms with E-state index in [1.165, 1.54) is 0 Å². The van der Waals surface area contributed by atoms with Crippen molar-refractivity contribution >= 4 is 28.8 Å². The summed E-state index contributed by atoms with van der Waals surface area (Å²) in [5, 5.41) is 0. The summed E-state index contributed by atoms with van der Waals surface area (Å²) < 4.78 is 2.45. The molecule has 0 aliphatic carbocycles. The van der Waals surface area contributed by atoms with Gasteiger partial charge in [-0.1, -0.05) is 6.07 Å². The summed E-state index contributed by atoms with van der Waals surface area (Å²) in [5.41, 5.74) is 0.442. The third kappa shape index (κ3) is 1.66. The molecule has 0 aromatic carbocycles. The third-order valence-electron chi connectivity index (χ3n) is 0.983. The molecular formula is C6H5IN2O. The van der Waals surface area contributed by atoms with Gasteiger partial charge in [0.15, 0.2) is 0 Å². The first-order valence-electron chi connectivity index (χ1n) is 2.66. The van der Waals surface area contributed by atoms with Gasteiger partial charge in [-0.05, 0) is 12.1 Å². The van der Waals surface area contributed by atoms with E-state index in [1.54, 1.807) is 47.3 Å². The molecule has 10 heavy (non-hydrogen) atoms. The van der Waals surface area contributed by atoms with Crippen LogP contribution in [-0.2, 0) is 0 Å². The van der Waals surface area contributed by atoms with Crippen molar-refractivity contribution in [1.29, 1.82) is 0 Å². The molecule has 0 saturated carbocycles. The van der Waals surface area contributed by atoms with Crippen molar-refractivity contribution in [2.24, 2.45) is 0 Å². The van der Waals surface area contributed by atoms with Gasteiger partial charge in [0, 0.05) is 6.20 Å². The van der Waals surface area contributed by atoms with Gasteiger partial charge in [0.2, 0.25) is 0 Å². The average molecular weight is 248 g/mol. The highest BCUT2D eigenvalue weighted by atomic mass is 127. The van der Waals surface area contributed by atoms with Crippen LogP contribution < -0.4 is 3.53 Å². The molecule has 3 nitrogen and oxygen atoms in total. The van der Waals surface area contributed by atoms with Crippen molar-refractivity contribution in [2.75, 3.05) is 0 Å². The number of carbonyl (C=O) groups excluding carboxylic acids is 1. The van der Waals surface area contributed by atoms with E-state index >= 15 is 0 Å². The molecule has 1 aromatic rings. The number of hydrogen-bond donors (Lipinski definition) is 1. The average Bonchev–Trinajstić information content (AvgIpc) is 2.05. The van der Waals surface area contributed by atoms with E-state index in [9.17, 15) is 4.79 Å². The Morgan fingerprint density at radius 2 is 2.40 bits per heavy atom. The molecular weight excluding hydrogens is 243 g/mol. The van der Waals surface area contributed by atoms with E-state index in [-0.39, 0.29) is 5.91 Å². The molecule has 0 unspecified atom stereocenters. The molecule has 0 saturated heterocycles. The molecule has 1 aromatic heterocycles. The summed E-state index contributed by atoms with van der Waals surface area (Å²) >= 11 is 1.78. The van der Waals surface area contributed by atoms with Crippen molar-refractivity contribution in [2.45, 2.75) is 0 Å². The van der Waals surface area contributed by atoms with Gasteiger partial charge in [0.25, 0.3) is 5.91 Å². The normalized spacial score (nSPS) is 8.90. The second-order valence-corrected chi connectivity index (χ2v) is 2.18. The first kappa shape index (κ1) is 7.46. The van der Waals surface area contributed by atoms with E-state index in [4.69, 9.17) is 0 Å². The zero-order chi connectivity index (χ0) is 7.40. The van der Waals surface area contributed by atoms with Crippen molar-refractivity contribution in [1.82, 2.24) is 8.51 Å². The van der Waals surface area contributed by atoms with E-state index in [0.717, 1.165) is 0 Å². The lowest BCUT2D eigenvalue weighted by Crippen LogP contribution is -2.12. The Morgan fingerprint density at radius 1 is 1.60 bits per heavy atom. The highest BCUT2D eigenvalue weighted by molar-refractivity contribution is 14.1. The highest BCUT2D eigenvalue weighted by Gasteiger charge is 2.01. The number of rotatable bonds is 1. The molecule has 0 spiro atoms. The van der Waals surface area contributed by atoms with E-state index in [0.29, 0.717) is 5.69 Å². The lowest BCUT2D eigenvalue weighted by atomic mass is 10.3. The van der Waals surface area contributed by atoms with Crippen LogP contribution in [0.15, 0.2) is 24.4 Å². The molecule has 0 aliphatic rings. The number of pyridine rings is 1. The summed E-state index contributed by atoms with van der Waals surface area (Å²) in [6.07, 6.45) is 1.58. The molecule has 0 aliphatic heterocycles. The van der Waals surface area contributed by atoms with Crippen LogP contribution in [0.3, 0.4) is 0 Å². The molecule has 1 amide bonds. The Kier molecular flexibility index (Phi) is 2.61. The Hall–Kier alpha value is -0.650. The molecule has 0 fully saturated rings. The summed E-state index contributed by atoms with van der Waals surface area (Å²) in [4.78, 5) is 14.7. The maximum Gasteiger partial charge on any atom is 0.278 e. The predicted octanol–water partition coefficient (Wildman–Crippen LogP) is 1.16. The maximum atomic E-state index is 10.8. The summed E-state index contributed by atoms with van der Waals surface area (Å²) in [6.45, 7) is 0. The summed E-state index contributed by atoms with van der Waals surface area (Å²) in [5.74, 6) is -0.166. The largest absolute Gasteiger partial charge is 0.293 e. The van der Waals surface area contributed by atoms with Crippen LogP contribution in [0.4, 0.5) is 0 Å². The monoisotopic (exact) mass is 248 g/mol. The topological polar surface area (TPSA) is 42.0 Å². The minimum Gasteiger partial charge on any atom is -0.293 e. The van der Waals surface area contributed by atoms with Crippen molar-refractivity contribution in [3.63, 3.8) is 0 Å². The molecule has 0 atom stereocenters. The number of aromatic nitrogens is 1. The fourth-order valence-corrected chi connectivity index (χ4v) is 0.822. The zero-order valence-electron chi connectivity index (χ0n) is 5.04. The SMILES string of the molecule is O=C(NI)c1ccccn1. The zero-order valence-corrected chi connectivity index (χ0v) is 7.20. The number of nitrogens with one attached hydrogen (secondary N) is 1. The van der Waals surface area contributed by atoms with Crippen LogP contribution in [0.1, 0.15) is 10.5 Å². The standard InChI is InChI=1S/C6H5IN2O/c7-9-6(10)5-3-1-2-4-8-5/h1-4H,(H,9,10). The summed E-state index contributed by atoms with van der Waals surface area (Å²) in [6, 6.07) is 5.20. The lowest BCUT2D eigenvalue weighted by Gasteiger charge is -1.93. The minimum atomic E-state index is -0.166. The number of carbonyl (C=O) groups is 1. The van der Waals surface area contributed by atoms with Gasteiger partial charge in [-0.25, -0.2) is 0 Å². The number of hydrogen-bond acceptors (Lipinski definition) is 2. The smallest absolute Gasteiger partial charge is 0.278 e. The first-order valence-corrected chi connectivity index (χ1v) is 3.74. The fraction of sp³-hybridized carbons (Fsp3) is 0. The van der Waals surface area contributed by atoms with Gasteiger partial charge < -0.3 is 0 Å². The van der Waals surface area contributed by atoms with Crippen LogP contribution >= 0.6 is 22.9 Å². The van der Waals surface area contributed by atoms with Crippen LogP contribution in [0.5, 0.6) is 0 Å². The Bertz CT molecular complexity index is 224. The Labute approximate surface area is 72.3 Å². The van der Waals surface area contributed by atoms with Gasteiger partial charge in [-0.15, -0.1) is 0 Å². The van der Waals surface area contributed by atoms with Crippen LogP contribution in [-0.4, -0.2) is 10.9 Å². The lowest BCUT2D eigenvalue weighted by molar-refractivity contribution is 0.0985. The molecule has 4 heteroatoms. The third-order valence-corrected chi connectivity index (χ3v) is 1.47. The van der Waals surface area contributed by atoms with Crippen molar-refractivity contribution in [3.8, 4) is 0 Å². The maximum absolute atomic E-state index is 10.8. The molecule has 52 valence electrons. The van der Waals surface area contributed by atoms with Gasteiger partial charge in [-0.3, -0.25) is 13.3 Å². The fourth-order valence-electron chi connectivity index (χ4n) is 0.545. The summed E-state index contributed by atoms with van der Waals surface area (Å²) in [7, 11) is 0. The van der Waals surface area contributed by atoms with E-state index in [1.807, 2.05) is 0 Å². The second-order valence-electron chi connectivity index (χ2n) is 1.64. The van der Waals surface area contributed by atoms with Crippen LogP contribution in [0, 0.1) is 0 Å². The minimum absolute atomic E-state index is 0.166. The quantitative estimate of drug-likeness (QED) is 0.598. The highest BCUT2D eigenvalue weighted by Crippen LogP contribution is 1.92. The molecule has 0 radical (unpaired) electrons. The van der Waals surface area contributed by atoms with E-state index in [2.05, 4.69) is 8.51 Å². The molecule has 0 bridgehead atoms. The van der Waals surface area contributed by atoms with Gasteiger partial charge >= 0.3 is 0 Å². The Morgan fingerprint density at radius 3 is 2.90 bits per heavy atom. The van der Waals surface area contributed by atoms with Crippen LogP contribution in [0.2, 0.25) is 0 Å². The van der Waals surface area contributed by atoms with Crippen molar-refractivity contribution < 1.29 is 4.79 Å². The molecule has 1 N–H and O–H groups in total. The molecule has 1 heterocycles. The van der Waals surface area contributed by atoms with Gasteiger partial charge in [-0.2, -0.15) is 0 Å². The first-order chi connectivity index (χ1) is 4.84. The number of halogens is 1. The Balaban J connectivity index is 2.85.